The van der Waals surface area contributed by atoms with Crippen molar-refractivity contribution in [3.63, 3.8) is 0 Å². The molecule has 0 aliphatic rings. The summed E-state index contributed by atoms with van der Waals surface area (Å²) >= 11 is 0. The number of nitrogens with one attached hydrogen (secondary N) is 1. The van der Waals surface area contributed by atoms with E-state index in [1.165, 1.54) is 33.8 Å². The van der Waals surface area contributed by atoms with Crippen LogP contribution in [0.4, 0.5) is 0 Å². The average Bonchev–Trinajstić information content (AvgIpc) is 2.02. The van der Waals surface area contributed by atoms with Gasteiger partial charge in [-0.25, -0.2) is 0 Å². The summed E-state index contributed by atoms with van der Waals surface area (Å²) in [6, 6.07) is 0. The quantitative estimate of drug-likeness (QED) is 0.710. The van der Waals surface area contributed by atoms with Crippen molar-refractivity contribution in [1.29, 1.82) is 0 Å². The van der Waals surface area contributed by atoms with Gasteiger partial charge in [-0.2, -0.15) is 0 Å². The van der Waals surface area contributed by atoms with E-state index in [-0.39, 0.29) is 17.5 Å². The van der Waals surface area contributed by atoms with Gasteiger partial charge in [0.1, 0.15) is 11.6 Å². The van der Waals surface area contributed by atoms with Crippen molar-refractivity contribution in [2.24, 2.45) is 0 Å². The van der Waals surface area contributed by atoms with Gasteiger partial charge in [-0.1, -0.05) is 6.58 Å². The average molecular weight is 215 g/mol. The Hall–Kier alpha value is -1.45. The molecule has 0 heterocycles. The Morgan fingerprint density at radius 2 is 1.33 bits per heavy atom. The number of carbonyl (C=O) groups is 3. The molecule has 0 aliphatic heterocycles. The molecule has 88 valence electrons. The molecule has 0 saturated carbocycles. The lowest BCUT2D eigenvalue weighted by molar-refractivity contribution is -0.116. The van der Waals surface area contributed by atoms with Gasteiger partial charge in [0, 0.05) is 6.54 Å². The fraction of sp³-hybridized carbons (Fsp3) is 0.545. The van der Waals surface area contributed by atoms with Crippen LogP contribution in [-0.4, -0.2) is 24.0 Å². The molecule has 0 rings (SSSR count). The van der Waals surface area contributed by atoms with Crippen LogP contribution in [0.25, 0.3) is 0 Å². The predicted molar refractivity (Wildman–Crippen MR) is 61.6 cm³/mol. The smallest absolute Gasteiger partial charge is 0.243 e. The summed E-state index contributed by atoms with van der Waals surface area (Å²) in [5, 5.41) is 2.54. The van der Waals surface area contributed by atoms with E-state index in [9.17, 15) is 14.4 Å². The maximum absolute atomic E-state index is 10.2. The Balaban J connectivity index is -0.000000155. The monoisotopic (exact) mass is 215 g/mol. The van der Waals surface area contributed by atoms with Crippen molar-refractivity contribution in [3.05, 3.63) is 12.7 Å². The van der Waals surface area contributed by atoms with Crippen LogP contribution < -0.4 is 5.32 Å². The number of rotatable bonds is 2. The van der Waals surface area contributed by atoms with Crippen LogP contribution >= 0.6 is 0 Å². The number of ketones is 2. The van der Waals surface area contributed by atoms with Crippen molar-refractivity contribution in [3.8, 4) is 0 Å². The molecule has 1 amide bonds. The molecule has 1 N–H and O–H groups in total. The highest BCUT2D eigenvalue weighted by atomic mass is 16.1. The molecule has 4 nitrogen and oxygen atoms in total. The summed E-state index contributed by atoms with van der Waals surface area (Å²) in [6.45, 7) is 11.9. The largest absolute Gasteiger partial charge is 0.353 e. The van der Waals surface area contributed by atoms with Crippen LogP contribution in [0.5, 0.6) is 0 Å². The fourth-order valence-electron chi connectivity index (χ4n) is 0.246. The number of Topliss-reactive ketones (excluding diaryl/α,β-unsaturated/α-hetero) is 2. The summed E-state index contributed by atoms with van der Waals surface area (Å²) in [7, 11) is 0. The van der Waals surface area contributed by atoms with E-state index in [2.05, 4.69) is 11.9 Å². The first-order valence-electron chi connectivity index (χ1n) is 4.62. The van der Waals surface area contributed by atoms with Gasteiger partial charge in [-0.05, 0) is 40.7 Å². The number of carbonyl (C=O) groups excluding carboxylic acids is 3. The van der Waals surface area contributed by atoms with Gasteiger partial charge in [0.25, 0.3) is 0 Å². The molecular formula is C11H21NO3. The number of hydrogen-bond donors (Lipinski definition) is 1. The van der Waals surface area contributed by atoms with Crippen molar-refractivity contribution >= 4 is 17.5 Å². The second-order valence-electron chi connectivity index (χ2n) is 2.92. The molecule has 0 saturated heterocycles. The fourth-order valence-corrected chi connectivity index (χ4v) is 0.246. The maximum atomic E-state index is 10.2. The van der Waals surface area contributed by atoms with Gasteiger partial charge < -0.3 is 14.9 Å². The Morgan fingerprint density at radius 3 is 1.40 bits per heavy atom. The Morgan fingerprint density at radius 1 is 1.07 bits per heavy atom. The number of amides is 1. The van der Waals surface area contributed by atoms with E-state index < -0.39 is 0 Å². The molecule has 4 heteroatoms. The van der Waals surface area contributed by atoms with Crippen LogP contribution in [0.2, 0.25) is 0 Å². The lowest BCUT2D eigenvalue weighted by Crippen LogP contribution is -2.19. The lowest BCUT2D eigenvalue weighted by atomic mass is 10.6. The van der Waals surface area contributed by atoms with Crippen molar-refractivity contribution < 1.29 is 14.4 Å². The minimum absolute atomic E-state index is 0.109. The molecule has 0 radical (unpaired) electrons. The molecule has 15 heavy (non-hydrogen) atoms. The predicted octanol–water partition coefficient (Wildman–Crippen LogP) is 1.50. The molecule has 0 spiro atoms. The summed E-state index contributed by atoms with van der Waals surface area (Å²) in [5.74, 6) is 0.225. The van der Waals surface area contributed by atoms with Gasteiger partial charge >= 0.3 is 0 Å². The first kappa shape index (κ1) is 19.2. The molecule has 0 aliphatic carbocycles. The van der Waals surface area contributed by atoms with E-state index in [4.69, 9.17) is 0 Å². The summed E-state index contributed by atoms with van der Waals surface area (Å²) in [5.41, 5.74) is 0. The lowest BCUT2D eigenvalue weighted by Gasteiger charge is -1.90. The Labute approximate surface area is 91.7 Å². The molecule has 0 fully saturated rings. The Bertz CT molecular complexity index is 190. The van der Waals surface area contributed by atoms with Crippen LogP contribution in [0.1, 0.15) is 34.6 Å². The van der Waals surface area contributed by atoms with Crippen LogP contribution in [0.15, 0.2) is 12.7 Å². The van der Waals surface area contributed by atoms with Crippen molar-refractivity contribution in [2.45, 2.75) is 34.6 Å². The SMILES string of the molecule is C=CC(=O)NCC.CC(C)=O.CC(C)=O. The molecule has 0 aromatic rings. The normalized spacial score (nSPS) is 7.00. The highest BCUT2D eigenvalue weighted by Gasteiger charge is 1.83. The zero-order valence-electron chi connectivity index (χ0n) is 10.2. The van der Waals surface area contributed by atoms with Gasteiger partial charge in [0.05, 0.1) is 0 Å². The molecule has 0 atom stereocenters. The second kappa shape index (κ2) is 15.0. The van der Waals surface area contributed by atoms with Gasteiger partial charge in [-0.3, -0.25) is 4.79 Å². The standard InChI is InChI=1S/C5H9NO.2C3H6O/c1-3-5(7)6-4-2;2*1-3(2)4/h3H,1,4H2,2H3,(H,6,7);2*1-2H3. The minimum atomic E-state index is -0.109. The van der Waals surface area contributed by atoms with Crippen LogP contribution in [0, 0.1) is 0 Å². The van der Waals surface area contributed by atoms with Gasteiger partial charge in [-0.15, -0.1) is 0 Å². The van der Waals surface area contributed by atoms with Crippen molar-refractivity contribution in [1.82, 2.24) is 5.32 Å². The van der Waals surface area contributed by atoms with E-state index in [0.29, 0.717) is 6.54 Å². The van der Waals surface area contributed by atoms with Gasteiger partial charge in [0.2, 0.25) is 5.91 Å². The zero-order chi connectivity index (χ0) is 12.9. The van der Waals surface area contributed by atoms with E-state index in [0.717, 1.165) is 0 Å². The second-order valence-corrected chi connectivity index (χ2v) is 2.92. The van der Waals surface area contributed by atoms with E-state index in [1.807, 2.05) is 6.92 Å². The molecular weight excluding hydrogens is 194 g/mol. The first-order valence-corrected chi connectivity index (χ1v) is 4.62. The van der Waals surface area contributed by atoms with Crippen LogP contribution in [-0.2, 0) is 14.4 Å². The molecule has 0 aromatic heterocycles. The van der Waals surface area contributed by atoms with Crippen LogP contribution in [0.3, 0.4) is 0 Å². The van der Waals surface area contributed by atoms with E-state index in [1.54, 1.807) is 0 Å². The number of likely N-dealkylation sites (N-methyl/N-ethyl adjacent to an activating group) is 1. The third kappa shape index (κ3) is 111. The Kier molecular flexibility index (Phi) is 19.2. The molecule has 0 bridgehead atoms. The summed E-state index contributed by atoms with van der Waals surface area (Å²) in [4.78, 5) is 29.1. The minimum Gasteiger partial charge on any atom is -0.353 e. The molecule has 0 unspecified atom stereocenters. The van der Waals surface area contributed by atoms with E-state index >= 15 is 0 Å². The van der Waals surface area contributed by atoms with Crippen molar-refractivity contribution in [2.75, 3.05) is 6.54 Å². The zero-order valence-corrected chi connectivity index (χ0v) is 10.2. The molecule has 0 aromatic carbocycles. The third-order valence-corrected chi connectivity index (χ3v) is 0.536. The summed E-state index contributed by atoms with van der Waals surface area (Å²) < 4.78 is 0. The maximum Gasteiger partial charge on any atom is 0.243 e. The topological polar surface area (TPSA) is 63.2 Å². The summed E-state index contributed by atoms with van der Waals surface area (Å²) in [6.07, 6.45) is 1.25. The van der Waals surface area contributed by atoms with Gasteiger partial charge in [0.15, 0.2) is 0 Å². The third-order valence-electron chi connectivity index (χ3n) is 0.536. The highest BCUT2D eigenvalue weighted by molar-refractivity contribution is 5.86. The first-order chi connectivity index (χ1) is 6.77. The number of hydrogen-bond acceptors (Lipinski definition) is 3. The highest BCUT2D eigenvalue weighted by Crippen LogP contribution is 1.61.